The number of benzene rings is 2. The Hall–Kier alpha value is -7.62. The van der Waals surface area contributed by atoms with Gasteiger partial charge in [-0.25, -0.2) is 9.78 Å². The van der Waals surface area contributed by atoms with E-state index < -0.39 is 133 Å². The van der Waals surface area contributed by atoms with Crippen LogP contribution in [0.2, 0.25) is 0 Å². The molecule has 386 valence electrons. The number of hydrogen-bond donors (Lipinski definition) is 15. The zero-order valence-corrected chi connectivity index (χ0v) is 39.3. The van der Waals surface area contributed by atoms with E-state index in [9.17, 15) is 73.5 Å². The molecule has 2 aromatic carbocycles. The van der Waals surface area contributed by atoms with E-state index in [0.717, 1.165) is 6.92 Å². The lowest BCUT2D eigenvalue weighted by Crippen LogP contribution is -2.62. The van der Waals surface area contributed by atoms with E-state index in [4.69, 9.17) is 11.5 Å². The number of nitrogens with two attached hydrogens (primary N) is 2. The molecule has 0 bridgehead atoms. The Balaban J connectivity index is 1.96. The highest BCUT2D eigenvalue weighted by molar-refractivity contribution is 7.98. The average molecular weight is 1010 g/mol. The summed E-state index contributed by atoms with van der Waals surface area (Å²) in [7, 11) is 0. The summed E-state index contributed by atoms with van der Waals surface area (Å²) < 4.78 is 0. The molecule has 3 rings (SSSR count). The number of aliphatic carboxylic acids is 2. The van der Waals surface area contributed by atoms with Gasteiger partial charge in [-0.2, -0.15) is 11.8 Å². The van der Waals surface area contributed by atoms with Gasteiger partial charge in [-0.15, -0.1) is 0 Å². The number of carbonyl (C=O) groups is 10. The van der Waals surface area contributed by atoms with Crippen molar-refractivity contribution in [3.63, 3.8) is 0 Å². The van der Waals surface area contributed by atoms with E-state index in [1.807, 2.05) is 5.32 Å². The molecule has 0 fully saturated rings. The number of primary amides is 1. The summed E-state index contributed by atoms with van der Waals surface area (Å²) in [4.78, 5) is 138. The number of hydrogen-bond acceptors (Lipinski definition) is 16. The third-order valence-electron chi connectivity index (χ3n) is 10.4. The molecule has 8 amide bonds. The summed E-state index contributed by atoms with van der Waals surface area (Å²) in [5.41, 5.74) is 12.1. The second-order valence-corrected chi connectivity index (χ2v) is 17.1. The smallest absolute Gasteiger partial charge is 0.328 e. The van der Waals surface area contributed by atoms with Crippen LogP contribution in [0, 0.1) is 0 Å². The number of carboxylic acids is 2. The molecule has 17 N–H and O–H groups in total. The fourth-order valence-corrected chi connectivity index (χ4v) is 7.10. The molecule has 71 heavy (non-hydrogen) atoms. The van der Waals surface area contributed by atoms with Crippen LogP contribution in [0.1, 0.15) is 43.0 Å². The molecular formula is C44H59N11O15S. The highest BCUT2D eigenvalue weighted by atomic mass is 32.2. The lowest BCUT2D eigenvalue weighted by Gasteiger charge is -2.28. The number of nitrogens with one attached hydrogen (secondary N) is 8. The number of aliphatic hydroxyl groups is 2. The molecule has 1 aromatic heterocycles. The maximum Gasteiger partial charge on any atom is 0.328 e. The molecule has 27 heteroatoms. The molecule has 0 aliphatic heterocycles. The number of phenols is 1. The maximum absolute atomic E-state index is 14.3. The van der Waals surface area contributed by atoms with E-state index >= 15 is 0 Å². The first kappa shape index (κ1) is 57.7. The number of aliphatic hydroxyl groups excluding tert-OH is 2. The van der Waals surface area contributed by atoms with Crippen LogP contribution < -0.4 is 48.7 Å². The largest absolute Gasteiger partial charge is 0.508 e. The summed E-state index contributed by atoms with van der Waals surface area (Å²) in [5.74, 6) is -11.2. The summed E-state index contributed by atoms with van der Waals surface area (Å²) in [6.07, 6.45) is 0.237. The number of thioether (sulfide) groups is 1. The monoisotopic (exact) mass is 1010 g/mol. The Morgan fingerprint density at radius 2 is 1.14 bits per heavy atom. The Morgan fingerprint density at radius 3 is 1.65 bits per heavy atom. The van der Waals surface area contributed by atoms with Crippen molar-refractivity contribution < 1.29 is 73.5 Å². The van der Waals surface area contributed by atoms with Crippen LogP contribution in [0.3, 0.4) is 0 Å². The van der Waals surface area contributed by atoms with E-state index in [1.54, 1.807) is 36.6 Å². The van der Waals surface area contributed by atoms with Crippen molar-refractivity contribution in [1.29, 1.82) is 0 Å². The van der Waals surface area contributed by atoms with Crippen molar-refractivity contribution in [1.82, 2.24) is 47.2 Å². The van der Waals surface area contributed by atoms with Gasteiger partial charge in [-0.05, 0) is 48.6 Å². The molecule has 0 radical (unpaired) electrons. The SMILES string of the molecule is CSCC[C@H](NC(=O)[C@@H](N)CC(N)=O)C(=O)N[C@@H](Cc1ccc(O)cc1)C(=O)N[C@H](C(=O)N[C@@H](Cc1cnc[nH]1)C(=O)N[C@@H](Cc1ccccc1)C(=O)N[C@@H](CC(=O)O)C(=O)N[C@@H](CO)C(=O)O)[C@@H](C)O. The van der Waals surface area contributed by atoms with Crippen LogP contribution in [-0.4, -0.2) is 168 Å². The normalized spacial score (nSPS) is 14.8. The Bertz CT molecular complexity index is 2310. The number of amides is 8. The topological polar surface area (TPSA) is 437 Å². The summed E-state index contributed by atoms with van der Waals surface area (Å²) >= 11 is 1.33. The molecule has 0 saturated carbocycles. The van der Waals surface area contributed by atoms with Crippen LogP contribution in [0.15, 0.2) is 67.1 Å². The van der Waals surface area contributed by atoms with Gasteiger partial charge in [0.1, 0.15) is 48.0 Å². The molecule has 3 aromatic rings. The number of aromatic hydroxyl groups is 1. The van der Waals surface area contributed by atoms with Gasteiger partial charge in [-0.3, -0.25) is 43.2 Å². The van der Waals surface area contributed by atoms with Crippen molar-refractivity contribution >= 4 is 71.0 Å². The fraction of sp³-hybridized carbons (Fsp3) is 0.432. The van der Waals surface area contributed by atoms with E-state index in [2.05, 4.69) is 41.9 Å². The van der Waals surface area contributed by atoms with Crippen LogP contribution in [0.25, 0.3) is 0 Å². The summed E-state index contributed by atoms with van der Waals surface area (Å²) in [5, 5.41) is 65.6. The molecule has 0 unspecified atom stereocenters. The van der Waals surface area contributed by atoms with Crippen LogP contribution in [-0.2, 0) is 67.2 Å². The number of carbonyl (C=O) groups excluding carboxylic acids is 8. The molecule has 1 heterocycles. The number of aromatic amines is 1. The van der Waals surface area contributed by atoms with Crippen molar-refractivity contribution in [2.75, 3.05) is 18.6 Å². The molecule has 0 aliphatic carbocycles. The number of nitrogens with zero attached hydrogens (tertiary/aromatic N) is 1. The van der Waals surface area contributed by atoms with Crippen molar-refractivity contribution in [3.05, 3.63) is 83.9 Å². The van der Waals surface area contributed by atoms with Gasteiger partial charge in [-0.1, -0.05) is 42.5 Å². The van der Waals surface area contributed by atoms with Crippen molar-refractivity contribution in [2.45, 2.75) is 99.9 Å². The van der Waals surface area contributed by atoms with Crippen LogP contribution >= 0.6 is 11.8 Å². The minimum atomic E-state index is -1.91. The van der Waals surface area contributed by atoms with Crippen LogP contribution in [0.5, 0.6) is 5.75 Å². The highest BCUT2D eigenvalue weighted by Gasteiger charge is 2.36. The predicted molar refractivity (Wildman–Crippen MR) is 251 cm³/mol. The van der Waals surface area contributed by atoms with E-state index in [-0.39, 0.29) is 37.1 Å². The fourth-order valence-electron chi connectivity index (χ4n) is 6.63. The van der Waals surface area contributed by atoms with Gasteiger partial charge in [0.2, 0.25) is 47.3 Å². The first-order valence-corrected chi connectivity index (χ1v) is 23.2. The van der Waals surface area contributed by atoms with Crippen molar-refractivity contribution in [3.8, 4) is 5.75 Å². The second-order valence-electron chi connectivity index (χ2n) is 16.1. The number of phenolic OH excluding ortho intramolecular Hbond substituents is 1. The second kappa shape index (κ2) is 28.8. The Morgan fingerprint density at radius 1 is 0.648 bits per heavy atom. The zero-order valence-electron chi connectivity index (χ0n) is 38.5. The molecule has 0 spiro atoms. The third-order valence-corrected chi connectivity index (χ3v) is 11.1. The van der Waals surface area contributed by atoms with E-state index in [1.165, 1.54) is 48.6 Å². The minimum absolute atomic E-state index is 0.0397. The zero-order chi connectivity index (χ0) is 52.8. The minimum Gasteiger partial charge on any atom is -0.508 e. The number of H-pyrrole nitrogens is 1. The molecular weight excluding hydrogens is 955 g/mol. The highest BCUT2D eigenvalue weighted by Crippen LogP contribution is 2.14. The first-order chi connectivity index (χ1) is 33.6. The maximum atomic E-state index is 14.3. The van der Waals surface area contributed by atoms with Gasteiger partial charge in [0.15, 0.2) is 0 Å². The summed E-state index contributed by atoms with van der Waals surface area (Å²) in [6, 6.07) is 0.570. The molecule has 0 saturated heterocycles. The standard InChI is InChI=1S/C44H59N11O15S/c1-22(57)36(55-42(67)30(15-24-8-10-26(58)11-9-24)50-38(63)28(12-13-71-2)49-37(62)27(45)17-34(46)59)43(68)53-31(16-25-19-47-21-48-25)40(65)51-29(14-23-6-4-3-5-7-23)39(64)52-32(18-35(60)61)41(66)54-33(20-56)44(69)70/h3-11,19,21-22,27-33,36,56-58H,12-18,20,45H2,1-2H3,(H2,46,59)(H,47,48)(H,49,62)(H,50,63)(H,51,65)(H,52,64)(H,53,68)(H,54,66)(H,55,67)(H,60,61)(H,69,70)/t22-,27+,28+,29+,30+,31+,32+,33+,36+/m1/s1. The molecule has 26 nitrogen and oxygen atoms in total. The van der Waals surface area contributed by atoms with Crippen molar-refractivity contribution in [2.24, 2.45) is 11.5 Å². The Labute approximate surface area is 410 Å². The Kier molecular flexibility index (Phi) is 23.4. The van der Waals surface area contributed by atoms with Gasteiger partial charge < -0.3 is 79.2 Å². The quantitative estimate of drug-likeness (QED) is 0.0299. The van der Waals surface area contributed by atoms with Crippen LogP contribution in [0.4, 0.5) is 0 Å². The van der Waals surface area contributed by atoms with Gasteiger partial charge in [0, 0.05) is 31.2 Å². The number of carboxylic acid groups (broad SMARTS) is 2. The molecule has 9 atom stereocenters. The average Bonchev–Trinajstić information content (AvgIpc) is 3.83. The van der Waals surface area contributed by atoms with Gasteiger partial charge in [0.25, 0.3) is 0 Å². The lowest BCUT2D eigenvalue weighted by molar-refractivity contribution is -0.144. The number of rotatable bonds is 30. The first-order valence-electron chi connectivity index (χ1n) is 21.8. The number of aromatic nitrogens is 2. The van der Waals surface area contributed by atoms with Gasteiger partial charge in [0.05, 0.1) is 37.9 Å². The molecule has 0 aliphatic rings. The lowest BCUT2D eigenvalue weighted by atomic mass is 10.0. The van der Waals surface area contributed by atoms with Gasteiger partial charge >= 0.3 is 11.9 Å². The predicted octanol–water partition coefficient (Wildman–Crippen LogP) is -4.58. The third kappa shape index (κ3) is 19.7. The summed E-state index contributed by atoms with van der Waals surface area (Å²) in [6.45, 7) is 0.0769. The number of imidazole rings is 1. The van der Waals surface area contributed by atoms with E-state index in [0.29, 0.717) is 16.9 Å².